The molecule has 4 nitrogen and oxygen atoms in total. The number of likely N-dealkylation sites (tertiary alicyclic amines) is 1. The van der Waals surface area contributed by atoms with E-state index in [0.717, 1.165) is 37.3 Å². The van der Waals surface area contributed by atoms with Crippen LogP contribution >= 0.6 is 0 Å². The number of rotatable bonds is 4. The van der Waals surface area contributed by atoms with Crippen molar-refractivity contribution in [1.29, 1.82) is 0 Å². The van der Waals surface area contributed by atoms with Crippen LogP contribution in [0.25, 0.3) is 0 Å². The molecule has 1 atom stereocenters. The van der Waals surface area contributed by atoms with Crippen molar-refractivity contribution < 1.29 is 4.79 Å². The Kier molecular flexibility index (Phi) is 5.15. The van der Waals surface area contributed by atoms with Gasteiger partial charge in [-0.05, 0) is 62.9 Å². The number of benzene rings is 1. The van der Waals surface area contributed by atoms with Gasteiger partial charge >= 0.3 is 0 Å². The summed E-state index contributed by atoms with van der Waals surface area (Å²) in [4.78, 5) is 14.4. The van der Waals surface area contributed by atoms with Crippen LogP contribution in [-0.2, 0) is 4.79 Å². The molecule has 110 valence electrons. The monoisotopic (exact) mass is 275 g/mol. The van der Waals surface area contributed by atoms with Gasteiger partial charge in [0.25, 0.3) is 0 Å². The smallest absolute Gasteiger partial charge is 0.238 e. The van der Waals surface area contributed by atoms with Crippen molar-refractivity contribution in [2.24, 2.45) is 11.7 Å². The highest BCUT2D eigenvalue weighted by Gasteiger charge is 2.20. The molecule has 4 heteroatoms. The van der Waals surface area contributed by atoms with E-state index in [1.165, 1.54) is 12.0 Å². The lowest BCUT2D eigenvalue weighted by Gasteiger charge is -2.31. The summed E-state index contributed by atoms with van der Waals surface area (Å²) in [6.45, 7) is 7.21. The van der Waals surface area contributed by atoms with Gasteiger partial charge in [0.05, 0.1) is 6.54 Å². The van der Waals surface area contributed by atoms with Gasteiger partial charge in [-0.2, -0.15) is 0 Å². The Balaban J connectivity index is 1.90. The van der Waals surface area contributed by atoms with Crippen molar-refractivity contribution in [3.63, 3.8) is 0 Å². The summed E-state index contributed by atoms with van der Waals surface area (Å²) < 4.78 is 0. The molecule has 1 amide bonds. The Labute approximate surface area is 121 Å². The topological polar surface area (TPSA) is 58.4 Å². The van der Waals surface area contributed by atoms with Crippen molar-refractivity contribution >= 4 is 11.6 Å². The van der Waals surface area contributed by atoms with E-state index in [-0.39, 0.29) is 5.91 Å². The molecule has 1 fully saturated rings. The third-order valence-corrected chi connectivity index (χ3v) is 4.18. The number of nitrogens with zero attached hydrogens (tertiary/aromatic N) is 1. The largest absolute Gasteiger partial charge is 0.330 e. The van der Waals surface area contributed by atoms with Crippen LogP contribution < -0.4 is 11.1 Å². The maximum absolute atomic E-state index is 12.2. The average molecular weight is 275 g/mol. The quantitative estimate of drug-likeness (QED) is 0.882. The van der Waals surface area contributed by atoms with E-state index in [0.29, 0.717) is 12.5 Å². The van der Waals surface area contributed by atoms with Crippen LogP contribution in [0.1, 0.15) is 24.0 Å². The van der Waals surface area contributed by atoms with Gasteiger partial charge in [-0.15, -0.1) is 0 Å². The van der Waals surface area contributed by atoms with Gasteiger partial charge in [0.15, 0.2) is 0 Å². The first-order valence-electron chi connectivity index (χ1n) is 7.38. The second-order valence-electron chi connectivity index (χ2n) is 5.77. The number of hydrogen-bond donors (Lipinski definition) is 2. The molecule has 1 unspecified atom stereocenters. The number of aryl methyl sites for hydroxylation is 1. The molecular formula is C16H25N3O. The van der Waals surface area contributed by atoms with Crippen LogP contribution in [0.5, 0.6) is 0 Å². The molecule has 0 spiro atoms. The van der Waals surface area contributed by atoms with Crippen LogP contribution in [0.2, 0.25) is 0 Å². The summed E-state index contributed by atoms with van der Waals surface area (Å²) in [5.74, 6) is 0.605. The van der Waals surface area contributed by atoms with Crippen molar-refractivity contribution in [2.75, 3.05) is 31.5 Å². The maximum Gasteiger partial charge on any atom is 0.238 e. The lowest BCUT2D eigenvalue weighted by atomic mass is 9.98. The second kappa shape index (κ2) is 6.86. The van der Waals surface area contributed by atoms with E-state index in [1.807, 2.05) is 19.1 Å². The zero-order valence-electron chi connectivity index (χ0n) is 12.5. The SMILES string of the molecule is Cc1cccc(NC(=O)CN2CCCC(CN)C2)c1C. The summed E-state index contributed by atoms with van der Waals surface area (Å²) in [6.07, 6.45) is 2.32. The molecule has 0 aromatic heterocycles. The number of carbonyl (C=O) groups is 1. The fourth-order valence-electron chi connectivity index (χ4n) is 2.77. The molecule has 0 saturated carbocycles. The van der Waals surface area contributed by atoms with Crippen molar-refractivity contribution in [1.82, 2.24) is 4.90 Å². The normalized spacial score (nSPS) is 19.9. The van der Waals surface area contributed by atoms with Gasteiger partial charge in [0.2, 0.25) is 5.91 Å². The highest BCUT2D eigenvalue weighted by Crippen LogP contribution is 2.19. The summed E-state index contributed by atoms with van der Waals surface area (Å²) in [5.41, 5.74) is 8.98. The summed E-state index contributed by atoms with van der Waals surface area (Å²) in [6, 6.07) is 5.99. The summed E-state index contributed by atoms with van der Waals surface area (Å²) in [7, 11) is 0. The number of nitrogens with one attached hydrogen (secondary N) is 1. The molecule has 1 aliphatic heterocycles. The molecule has 1 aromatic rings. The Morgan fingerprint density at radius 3 is 3.00 bits per heavy atom. The van der Waals surface area contributed by atoms with Crippen molar-refractivity contribution in [2.45, 2.75) is 26.7 Å². The third kappa shape index (κ3) is 3.81. The first-order chi connectivity index (χ1) is 9.60. The standard InChI is InChI=1S/C16H25N3O/c1-12-5-3-7-15(13(12)2)18-16(20)11-19-8-4-6-14(9-17)10-19/h3,5,7,14H,4,6,8-11,17H2,1-2H3,(H,18,20). The molecule has 1 heterocycles. The van der Waals surface area contributed by atoms with E-state index in [4.69, 9.17) is 5.73 Å². The van der Waals surface area contributed by atoms with Gasteiger partial charge in [-0.1, -0.05) is 12.1 Å². The molecule has 2 rings (SSSR count). The van der Waals surface area contributed by atoms with Gasteiger partial charge < -0.3 is 11.1 Å². The Hall–Kier alpha value is -1.39. The van der Waals surface area contributed by atoms with Crippen molar-refractivity contribution in [3.8, 4) is 0 Å². The molecule has 0 radical (unpaired) electrons. The first kappa shape index (κ1) is 15.0. The van der Waals surface area contributed by atoms with Crippen LogP contribution in [0.15, 0.2) is 18.2 Å². The van der Waals surface area contributed by atoms with Gasteiger partial charge in [0.1, 0.15) is 0 Å². The molecule has 20 heavy (non-hydrogen) atoms. The zero-order chi connectivity index (χ0) is 14.5. The average Bonchev–Trinajstić information content (AvgIpc) is 2.44. The Morgan fingerprint density at radius 2 is 2.25 bits per heavy atom. The number of nitrogens with two attached hydrogens (primary N) is 1. The van der Waals surface area contributed by atoms with Crippen LogP contribution in [0.3, 0.4) is 0 Å². The van der Waals surface area contributed by atoms with E-state index < -0.39 is 0 Å². The molecule has 0 bridgehead atoms. The number of carbonyl (C=O) groups excluding carboxylic acids is 1. The van der Waals surface area contributed by atoms with E-state index in [2.05, 4.69) is 23.2 Å². The molecule has 1 aliphatic rings. The highest BCUT2D eigenvalue weighted by atomic mass is 16.2. The highest BCUT2D eigenvalue weighted by molar-refractivity contribution is 5.93. The van der Waals surface area contributed by atoms with Crippen LogP contribution in [-0.4, -0.2) is 37.0 Å². The van der Waals surface area contributed by atoms with Gasteiger partial charge in [-0.25, -0.2) is 0 Å². The molecule has 0 aliphatic carbocycles. The van der Waals surface area contributed by atoms with Crippen LogP contribution in [0, 0.1) is 19.8 Å². The summed E-state index contributed by atoms with van der Waals surface area (Å²) >= 11 is 0. The predicted octanol–water partition coefficient (Wildman–Crippen LogP) is 1.91. The van der Waals surface area contributed by atoms with E-state index in [1.54, 1.807) is 0 Å². The molecular weight excluding hydrogens is 250 g/mol. The van der Waals surface area contributed by atoms with Gasteiger partial charge in [0, 0.05) is 12.2 Å². The number of amides is 1. The van der Waals surface area contributed by atoms with Crippen LogP contribution in [0.4, 0.5) is 5.69 Å². The number of hydrogen-bond acceptors (Lipinski definition) is 3. The minimum atomic E-state index is 0.0661. The third-order valence-electron chi connectivity index (χ3n) is 4.18. The first-order valence-corrected chi connectivity index (χ1v) is 7.38. The number of piperidine rings is 1. The maximum atomic E-state index is 12.2. The van der Waals surface area contributed by atoms with Gasteiger partial charge in [-0.3, -0.25) is 9.69 Å². The Morgan fingerprint density at radius 1 is 1.45 bits per heavy atom. The molecule has 1 aromatic carbocycles. The molecule has 1 saturated heterocycles. The predicted molar refractivity (Wildman–Crippen MR) is 82.8 cm³/mol. The second-order valence-corrected chi connectivity index (χ2v) is 5.77. The Bertz CT molecular complexity index is 473. The minimum absolute atomic E-state index is 0.0661. The lowest BCUT2D eigenvalue weighted by molar-refractivity contribution is -0.117. The lowest BCUT2D eigenvalue weighted by Crippen LogP contribution is -2.42. The number of anilines is 1. The fourth-order valence-corrected chi connectivity index (χ4v) is 2.77. The summed E-state index contributed by atoms with van der Waals surface area (Å²) in [5, 5.41) is 3.02. The zero-order valence-corrected chi connectivity index (χ0v) is 12.5. The minimum Gasteiger partial charge on any atom is -0.330 e. The fraction of sp³-hybridized carbons (Fsp3) is 0.562. The molecule has 3 N–H and O–H groups in total. The van der Waals surface area contributed by atoms with E-state index >= 15 is 0 Å². The van der Waals surface area contributed by atoms with Crippen molar-refractivity contribution in [3.05, 3.63) is 29.3 Å². The van der Waals surface area contributed by atoms with E-state index in [9.17, 15) is 4.79 Å².